The number of aryl methyl sites for hydroxylation is 1. The van der Waals surface area contributed by atoms with Crippen LogP contribution in [0.25, 0.3) is 22.2 Å². The second-order valence-corrected chi connectivity index (χ2v) is 5.20. The van der Waals surface area contributed by atoms with Gasteiger partial charge in [-0.2, -0.15) is 0 Å². The maximum atomic E-state index is 5.65. The number of para-hydroxylation sites is 1. The lowest BCUT2D eigenvalue weighted by atomic mass is 10.0. The average molecular weight is 277 g/mol. The molecule has 0 amide bonds. The smallest absolute Gasteiger partial charge is 0.162 e. The van der Waals surface area contributed by atoms with Crippen molar-refractivity contribution in [1.82, 2.24) is 4.98 Å². The monoisotopic (exact) mass is 277 g/mol. The van der Waals surface area contributed by atoms with Crippen LogP contribution < -0.4 is 9.47 Å². The van der Waals surface area contributed by atoms with Gasteiger partial charge in [-0.25, -0.2) is 4.98 Å². The van der Waals surface area contributed by atoms with Crippen LogP contribution in [-0.2, 0) is 0 Å². The Labute approximate surface area is 123 Å². The summed E-state index contributed by atoms with van der Waals surface area (Å²) in [6, 6.07) is 16.3. The number of hydrogen-bond acceptors (Lipinski definition) is 3. The number of nitrogens with zero attached hydrogens (tertiary/aromatic N) is 1. The lowest BCUT2D eigenvalue weighted by Crippen LogP contribution is -2.15. The molecule has 1 aliphatic heterocycles. The normalized spacial score (nSPS) is 13.4. The van der Waals surface area contributed by atoms with E-state index in [1.54, 1.807) is 0 Å². The minimum Gasteiger partial charge on any atom is -0.486 e. The molecule has 0 aliphatic carbocycles. The van der Waals surface area contributed by atoms with E-state index in [0.717, 1.165) is 28.3 Å². The van der Waals surface area contributed by atoms with Gasteiger partial charge >= 0.3 is 0 Å². The fourth-order valence-corrected chi connectivity index (χ4v) is 2.70. The summed E-state index contributed by atoms with van der Waals surface area (Å²) in [5.74, 6) is 1.61. The molecule has 0 atom stereocenters. The molecule has 3 nitrogen and oxygen atoms in total. The summed E-state index contributed by atoms with van der Waals surface area (Å²) < 4.78 is 11.2. The summed E-state index contributed by atoms with van der Waals surface area (Å²) in [6.07, 6.45) is 0. The van der Waals surface area contributed by atoms with Gasteiger partial charge in [0.15, 0.2) is 11.5 Å². The zero-order chi connectivity index (χ0) is 14.2. The Morgan fingerprint density at radius 1 is 0.905 bits per heavy atom. The quantitative estimate of drug-likeness (QED) is 0.674. The Morgan fingerprint density at radius 3 is 2.62 bits per heavy atom. The Balaban J connectivity index is 1.86. The summed E-state index contributed by atoms with van der Waals surface area (Å²) in [5.41, 5.74) is 4.25. The zero-order valence-electron chi connectivity index (χ0n) is 11.8. The fourth-order valence-electron chi connectivity index (χ4n) is 2.70. The lowest BCUT2D eigenvalue weighted by Gasteiger charge is -2.19. The van der Waals surface area contributed by atoms with Gasteiger partial charge in [-0.15, -0.1) is 0 Å². The van der Waals surface area contributed by atoms with Crippen LogP contribution >= 0.6 is 0 Å². The molecule has 3 aromatic rings. The van der Waals surface area contributed by atoms with Crippen LogP contribution in [0, 0.1) is 6.92 Å². The van der Waals surface area contributed by atoms with Gasteiger partial charge < -0.3 is 9.47 Å². The van der Waals surface area contributed by atoms with Crippen molar-refractivity contribution in [1.29, 1.82) is 0 Å². The van der Waals surface area contributed by atoms with Crippen molar-refractivity contribution in [2.75, 3.05) is 13.2 Å². The summed E-state index contributed by atoms with van der Waals surface area (Å²) >= 11 is 0. The first-order chi connectivity index (χ1) is 10.3. The van der Waals surface area contributed by atoms with E-state index in [2.05, 4.69) is 19.1 Å². The van der Waals surface area contributed by atoms with Crippen LogP contribution in [0.2, 0.25) is 0 Å². The molecule has 4 rings (SSSR count). The van der Waals surface area contributed by atoms with Gasteiger partial charge in [0.2, 0.25) is 0 Å². The largest absolute Gasteiger partial charge is 0.486 e. The van der Waals surface area contributed by atoms with Crippen molar-refractivity contribution in [2.24, 2.45) is 0 Å². The first-order valence-corrected chi connectivity index (χ1v) is 7.08. The zero-order valence-corrected chi connectivity index (χ0v) is 11.8. The standard InChI is InChI=1S/C18H15NO2/c1-12-10-16(19-15-5-3-2-4-14(12)15)13-6-7-17-18(11-13)21-9-8-20-17/h2-7,10-11H,8-9H2,1H3. The minimum atomic E-state index is 0.598. The molecule has 2 heterocycles. The van der Waals surface area contributed by atoms with Gasteiger partial charge in [0.1, 0.15) is 13.2 Å². The first-order valence-electron chi connectivity index (χ1n) is 7.08. The van der Waals surface area contributed by atoms with E-state index in [1.807, 2.05) is 36.4 Å². The van der Waals surface area contributed by atoms with E-state index < -0.39 is 0 Å². The molecule has 104 valence electrons. The van der Waals surface area contributed by atoms with Crippen molar-refractivity contribution in [3.63, 3.8) is 0 Å². The van der Waals surface area contributed by atoms with Gasteiger partial charge in [0.05, 0.1) is 11.2 Å². The van der Waals surface area contributed by atoms with Crippen molar-refractivity contribution in [3.8, 4) is 22.8 Å². The third kappa shape index (κ3) is 2.11. The number of pyridine rings is 1. The summed E-state index contributed by atoms with van der Waals surface area (Å²) in [6.45, 7) is 3.33. The van der Waals surface area contributed by atoms with E-state index in [1.165, 1.54) is 10.9 Å². The first kappa shape index (κ1) is 12.2. The fraction of sp³-hybridized carbons (Fsp3) is 0.167. The molecule has 1 aliphatic rings. The van der Waals surface area contributed by atoms with Crippen molar-refractivity contribution >= 4 is 10.9 Å². The van der Waals surface area contributed by atoms with Crippen molar-refractivity contribution < 1.29 is 9.47 Å². The summed E-state index contributed by atoms with van der Waals surface area (Å²) in [5, 5.41) is 1.19. The summed E-state index contributed by atoms with van der Waals surface area (Å²) in [7, 11) is 0. The third-order valence-electron chi connectivity index (χ3n) is 3.76. The number of fused-ring (bicyclic) bond motifs is 2. The Bertz CT molecular complexity index is 827. The molecule has 0 unspecified atom stereocenters. The number of aromatic nitrogens is 1. The molecule has 0 fully saturated rings. The molecule has 0 saturated heterocycles. The maximum Gasteiger partial charge on any atom is 0.162 e. The number of ether oxygens (including phenoxy) is 2. The molecular weight excluding hydrogens is 262 g/mol. The van der Waals surface area contributed by atoms with Crippen LogP contribution in [-0.4, -0.2) is 18.2 Å². The lowest BCUT2D eigenvalue weighted by molar-refractivity contribution is 0.171. The van der Waals surface area contributed by atoms with E-state index in [0.29, 0.717) is 13.2 Å². The molecule has 3 heteroatoms. The van der Waals surface area contributed by atoms with Crippen LogP contribution in [0.15, 0.2) is 48.5 Å². The molecule has 2 aromatic carbocycles. The van der Waals surface area contributed by atoms with Crippen LogP contribution in [0.4, 0.5) is 0 Å². The SMILES string of the molecule is Cc1cc(-c2ccc3c(c2)OCCO3)nc2ccccc12. The Morgan fingerprint density at radius 2 is 1.71 bits per heavy atom. The van der Waals surface area contributed by atoms with E-state index >= 15 is 0 Å². The van der Waals surface area contributed by atoms with Crippen molar-refractivity contribution in [2.45, 2.75) is 6.92 Å². The van der Waals surface area contributed by atoms with Gasteiger partial charge in [-0.1, -0.05) is 18.2 Å². The number of hydrogen-bond donors (Lipinski definition) is 0. The molecule has 0 bridgehead atoms. The van der Waals surface area contributed by atoms with E-state index in [-0.39, 0.29) is 0 Å². The highest BCUT2D eigenvalue weighted by Crippen LogP contribution is 2.34. The topological polar surface area (TPSA) is 31.4 Å². The molecule has 21 heavy (non-hydrogen) atoms. The second kappa shape index (κ2) is 4.77. The molecule has 0 N–H and O–H groups in total. The highest BCUT2D eigenvalue weighted by atomic mass is 16.6. The van der Waals surface area contributed by atoms with E-state index in [9.17, 15) is 0 Å². The minimum absolute atomic E-state index is 0.598. The van der Waals surface area contributed by atoms with Crippen LogP contribution in [0.3, 0.4) is 0 Å². The summed E-state index contributed by atoms with van der Waals surface area (Å²) in [4.78, 5) is 4.76. The van der Waals surface area contributed by atoms with E-state index in [4.69, 9.17) is 14.5 Å². The van der Waals surface area contributed by atoms with Crippen LogP contribution in [0.1, 0.15) is 5.56 Å². The Kier molecular flexibility index (Phi) is 2.78. The highest BCUT2D eigenvalue weighted by Gasteiger charge is 2.13. The molecular formula is C18H15NO2. The number of rotatable bonds is 1. The highest BCUT2D eigenvalue weighted by molar-refractivity contribution is 5.85. The Hall–Kier alpha value is -2.55. The third-order valence-corrected chi connectivity index (χ3v) is 3.76. The van der Waals surface area contributed by atoms with Gasteiger partial charge in [-0.3, -0.25) is 0 Å². The number of benzene rings is 2. The van der Waals surface area contributed by atoms with Gasteiger partial charge in [0.25, 0.3) is 0 Å². The predicted molar refractivity (Wildman–Crippen MR) is 82.9 cm³/mol. The van der Waals surface area contributed by atoms with Gasteiger partial charge in [-0.05, 0) is 42.8 Å². The van der Waals surface area contributed by atoms with Gasteiger partial charge in [0, 0.05) is 10.9 Å². The molecule has 0 saturated carbocycles. The average Bonchev–Trinajstić information content (AvgIpc) is 2.54. The van der Waals surface area contributed by atoms with Crippen LogP contribution in [0.5, 0.6) is 11.5 Å². The maximum absolute atomic E-state index is 5.65. The second-order valence-electron chi connectivity index (χ2n) is 5.20. The molecule has 1 aromatic heterocycles. The van der Waals surface area contributed by atoms with Crippen molar-refractivity contribution in [3.05, 3.63) is 54.1 Å². The predicted octanol–water partition coefficient (Wildman–Crippen LogP) is 3.98. The molecule has 0 radical (unpaired) electrons. The molecule has 0 spiro atoms.